The second-order valence-electron chi connectivity index (χ2n) is 17.3. The number of amides is 2. The summed E-state index contributed by atoms with van der Waals surface area (Å²) < 4.78 is 104. The van der Waals surface area contributed by atoms with Gasteiger partial charge in [-0.05, 0) is 46.5 Å². The van der Waals surface area contributed by atoms with Crippen molar-refractivity contribution in [3.63, 3.8) is 0 Å². The van der Waals surface area contributed by atoms with Gasteiger partial charge in [-0.25, -0.2) is 17.6 Å². The van der Waals surface area contributed by atoms with E-state index in [1.807, 2.05) is 115 Å². The fraction of sp³-hybridized carbons (Fsp3) is 0.200. The summed E-state index contributed by atoms with van der Waals surface area (Å²) in [6.45, 7) is 0.309. The molecular formula is C55H43F4N3O8. The minimum Gasteiger partial charge on any atom is -0.497 e. The van der Waals surface area contributed by atoms with Crippen LogP contribution in [0.25, 0.3) is 43.6 Å². The van der Waals surface area contributed by atoms with Gasteiger partial charge in [0.25, 0.3) is 11.8 Å². The predicted octanol–water partition coefficient (Wildman–Crippen LogP) is 10.7. The Bertz CT molecular complexity index is 3420. The molecule has 354 valence electrons. The molecule has 11 nitrogen and oxygen atoms in total. The second kappa shape index (κ2) is 18.8. The first-order valence-electron chi connectivity index (χ1n) is 22.6. The number of nitrogens with zero attached hydrogens (tertiary/aromatic N) is 1. The van der Waals surface area contributed by atoms with Crippen molar-refractivity contribution in [1.29, 1.82) is 0 Å². The molecule has 9 aromatic rings. The van der Waals surface area contributed by atoms with Crippen LogP contribution in [0.5, 0.6) is 5.75 Å². The molecule has 7 aromatic carbocycles. The molecule has 0 unspecified atom stereocenters. The third-order valence-electron chi connectivity index (χ3n) is 13.0. The molecule has 5 atom stereocenters. The smallest absolute Gasteiger partial charge is 0.259 e. The monoisotopic (exact) mass is 949 g/mol. The molecule has 1 saturated heterocycles. The Morgan fingerprint density at radius 3 is 1.69 bits per heavy atom. The van der Waals surface area contributed by atoms with E-state index in [9.17, 15) is 9.59 Å². The number of benzene rings is 7. The van der Waals surface area contributed by atoms with Crippen LogP contribution in [-0.2, 0) is 50.1 Å². The van der Waals surface area contributed by atoms with Crippen molar-refractivity contribution in [2.24, 2.45) is 0 Å². The van der Waals surface area contributed by atoms with Crippen molar-refractivity contribution in [3.05, 3.63) is 196 Å². The number of carbonyl (C=O) groups excluding carboxylic acids is 2. The van der Waals surface area contributed by atoms with Crippen LogP contribution in [0, 0.1) is 23.3 Å². The average molecular weight is 950 g/mol. The summed E-state index contributed by atoms with van der Waals surface area (Å²) in [6.07, 6.45) is -5.36. The highest BCUT2D eigenvalue weighted by atomic mass is 19.2. The van der Waals surface area contributed by atoms with Gasteiger partial charge in [0.2, 0.25) is 0 Å². The van der Waals surface area contributed by atoms with Crippen LogP contribution < -0.4 is 10.1 Å². The highest BCUT2D eigenvalue weighted by Gasteiger charge is 2.51. The molecule has 0 radical (unpaired) electrons. The number of nitrogens with one attached hydrogen (secondary N) is 2. The Balaban J connectivity index is 1.16. The third-order valence-corrected chi connectivity index (χ3v) is 13.0. The van der Waals surface area contributed by atoms with Crippen molar-refractivity contribution in [2.75, 3.05) is 13.7 Å². The summed E-state index contributed by atoms with van der Waals surface area (Å²) >= 11 is 0. The molecule has 1 fully saturated rings. The zero-order valence-electron chi connectivity index (χ0n) is 37.4. The zero-order chi connectivity index (χ0) is 48.0. The first kappa shape index (κ1) is 45.1. The summed E-state index contributed by atoms with van der Waals surface area (Å²) in [4.78, 5) is 31.1. The maximum absolute atomic E-state index is 16.0. The van der Waals surface area contributed by atoms with Gasteiger partial charge >= 0.3 is 0 Å². The first-order valence-corrected chi connectivity index (χ1v) is 22.6. The number of hydrogen-bond donors (Lipinski definition) is 2. The number of ether oxygens (including phenoxy) is 6. The van der Waals surface area contributed by atoms with E-state index in [1.54, 1.807) is 11.7 Å². The number of aromatic amines is 1. The number of imide groups is 1. The lowest BCUT2D eigenvalue weighted by atomic mass is 9.95. The van der Waals surface area contributed by atoms with E-state index in [4.69, 9.17) is 28.4 Å². The lowest BCUT2D eigenvalue weighted by Gasteiger charge is -2.47. The predicted molar refractivity (Wildman–Crippen MR) is 252 cm³/mol. The van der Waals surface area contributed by atoms with E-state index < -0.39 is 65.7 Å². The SMILES string of the molecule is COc1ccc(COC[C@H]2O[C@@H](n3c4cc(F)c(F)cc4c4c5c(c6c7cc(F)c(F)cc7[nH]c6c43)C(=O)NC5=O)[C@H](OCc3ccccc3)[C@@H](OCc3ccccc3)[C@@H]2OCc2ccccc2)cc1. The maximum atomic E-state index is 16.0. The first-order chi connectivity index (χ1) is 34.1. The molecule has 0 aliphatic carbocycles. The van der Waals surface area contributed by atoms with Crippen LogP contribution in [0.4, 0.5) is 17.6 Å². The molecule has 2 aliphatic heterocycles. The molecule has 2 N–H and O–H groups in total. The van der Waals surface area contributed by atoms with E-state index in [0.717, 1.165) is 46.5 Å². The number of rotatable bonds is 15. The van der Waals surface area contributed by atoms with Gasteiger partial charge in [-0.3, -0.25) is 14.9 Å². The maximum Gasteiger partial charge on any atom is 0.259 e. The van der Waals surface area contributed by atoms with Gasteiger partial charge in [-0.15, -0.1) is 0 Å². The number of carbonyl (C=O) groups is 2. The Hall–Kier alpha value is -7.40. The summed E-state index contributed by atoms with van der Waals surface area (Å²) in [5, 5.41) is 2.64. The number of halogens is 4. The van der Waals surface area contributed by atoms with Crippen molar-refractivity contribution < 1.29 is 55.6 Å². The van der Waals surface area contributed by atoms with Crippen LogP contribution >= 0.6 is 0 Å². The van der Waals surface area contributed by atoms with Crippen molar-refractivity contribution in [1.82, 2.24) is 14.9 Å². The quantitative estimate of drug-likeness (QED) is 0.0770. The third kappa shape index (κ3) is 8.24. The van der Waals surface area contributed by atoms with Crippen LogP contribution in [-0.4, -0.2) is 59.5 Å². The Morgan fingerprint density at radius 2 is 1.09 bits per heavy atom. The largest absolute Gasteiger partial charge is 0.497 e. The Morgan fingerprint density at radius 1 is 0.571 bits per heavy atom. The molecule has 2 aromatic heterocycles. The molecule has 2 amide bonds. The van der Waals surface area contributed by atoms with Gasteiger partial charge in [0, 0.05) is 39.2 Å². The normalized spacial score (nSPS) is 19.1. The van der Waals surface area contributed by atoms with Crippen molar-refractivity contribution in [2.45, 2.75) is 57.1 Å². The molecule has 2 aliphatic rings. The lowest BCUT2D eigenvalue weighted by Crippen LogP contribution is -2.59. The van der Waals surface area contributed by atoms with Crippen LogP contribution in [0.1, 0.15) is 49.2 Å². The molecule has 11 rings (SSSR count). The fourth-order valence-corrected chi connectivity index (χ4v) is 9.75. The van der Waals surface area contributed by atoms with Crippen molar-refractivity contribution >= 4 is 55.4 Å². The zero-order valence-corrected chi connectivity index (χ0v) is 37.4. The summed E-state index contributed by atoms with van der Waals surface area (Å²) in [5.74, 6) is -5.76. The molecule has 0 spiro atoms. The van der Waals surface area contributed by atoms with Gasteiger partial charge < -0.3 is 38.0 Å². The summed E-state index contributed by atoms with van der Waals surface area (Å²) in [5.41, 5.74) is 3.44. The van der Waals surface area contributed by atoms with E-state index >= 15 is 17.6 Å². The van der Waals surface area contributed by atoms with E-state index in [-0.39, 0.29) is 87.8 Å². The Labute approximate surface area is 397 Å². The van der Waals surface area contributed by atoms with Crippen LogP contribution in [0.2, 0.25) is 0 Å². The summed E-state index contributed by atoms with van der Waals surface area (Å²) in [7, 11) is 1.58. The van der Waals surface area contributed by atoms with Gasteiger partial charge in [-0.2, -0.15) is 0 Å². The van der Waals surface area contributed by atoms with Gasteiger partial charge in [0.05, 0.1) is 67.8 Å². The molecule has 4 heterocycles. The van der Waals surface area contributed by atoms with Gasteiger partial charge in [-0.1, -0.05) is 103 Å². The molecule has 15 heteroatoms. The average Bonchev–Trinajstić information content (AvgIpc) is 4.00. The highest BCUT2D eigenvalue weighted by molar-refractivity contribution is 6.39. The fourth-order valence-electron chi connectivity index (χ4n) is 9.75. The van der Waals surface area contributed by atoms with Gasteiger partial charge in [0.15, 0.2) is 29.5 Å². The van der Waals surface area contributed by atoms with E-state index in [1.165, 1.54) is 0 Å². The van der Waals surface area contributed by atoms with Crippen molar-refractivity contribution in [3.8, 4) is 5.75 Å². The molecule has 0 bridgehead atoms. The molecular weight excluding hydrogens is 907 g/mol. The van der Waals surface area contributed by atoms with Crippen LogP contribution in [0.3, 0.4) is 0 Å². The molecule has 0 saturated carbocycles. The topological polar surface area (TPSA) is 122 Å². The lowest BCUT2D eigenvalue weighted by molar-refractivity contribution is -0.288. The molecule has 70 heavy (non-hydrogen) atoms. The Kier molecular flexibility index (Phi) is 12.1. The van der Waals surface area contributed by atoms with E-state index in [2.05, 4.69) is 10.3 Å². The highest BCUT2D eigenvalue weighted by Crippen LogP contribution is 2.48. The summed E-state index contributed by atoms with van der Waals surface area (Å²) in [6, 6.07) is 39.7. The minimum atomic E-state index is -1.33. The standard InChI is InChI=1S/C55H43F4N3O8/c1-65-34-19-17-33(18-20-34)25-66-29-43-50(67-26-30-11-5-2-6-12-30)51(68-27-31-13-7-3-8-14-31)52(69-28-32-15-9-4-10-16-32)55(70-43)62-42-24-40(59)38(57)22-36(42)45-47-46(53(63)61-54(47)64)44-35-21-37(56)39(58)23-41(35)60-48(44)49(45)62/h2-24,43,50-52,55,60H,25-29H2,1H3,(H,61,63,64)/t43-,50-,51+,52-,55-/m1/s1. The number of methoxy groups -OCH3 is 1. The van der Waals surface area contributed by atoms with E-state index in [0.29, 0.717) is 5.75 Å². The second-order valence-corrected chi connectivity index (χ2v) is 17.3. The van der Waals surface area contributed by atoms with Crippen LogP contribution in [0.15, 0.2) is 140 Å². The number of fused-ring (bicyclic) bond motifs is 10. The minimum absolute atomic E-state index is 0.0212. The number of aromatic nitrogens is 2. The van der Waals surface area contributed by atoms with Gasteiger partial charge in [0.1, 0.15) is 30.2 Å². The number of H-pyrrole nitrogens is 1. The number of hydrogen-bond acceptors (Lipinski definition) is 8.